The molecule has 0 amide bonds. The largest absolute Gasteiger partial charge is 0.370 e. The third-order valence-corrected chi connectivity index (χ3v) is 4.59. The van der Waals surface area contributed by atoms with Crippen LogP contribution in [-0.4, -0.2) is 17.5 Å². The number of nitrogens with zero attached hydrogens (tertiary/aromatic N) is 2. The zero-order valence-corrected chi connectivity index (χ0v) is 16.6. The summed E-state index contributed by atoms with van der Waals surface area (Å²) in [6.07, 6.45) is 0.828. The number of guanidine groups is 1. The van der Waals surface area contributed by atoms with Crippen molar-refractivity contribution < 1.29 is 0 Å². The zero-order valence-electron chi connectivity index (χ0n) is 13.4. The van der Waals surface area contributed by atoms with Crippen LogP contribution >= 0.6 is 35.3 Å². The van der Waals surface area contributed by atoms with Gasteiger partial charge in [-0.15, -0.1) is 35.3 Å². The highest BCUT2D eigenvalue weighted by atomic mass is 127. The molecule has 1 heterocycles. The Labute approximate surface area is 153 Å². The Hall–Kier alpha value is -1.15. The predicted molar refractivity (Wildman–Crippen MR) is 107 cm³/mol. The molecule has 0 aliphatic heterocycles. The lowest BCUT2D eigenvalue weighted by molar-refractivity contribution is 0.941. The number of anilines is 1. The number of aliphatic imine (C=N–C) groups is 1. The number of aryl methyl sites for hydroxylation is 4. The van der Waals surface area contributed by atoms with Crippen LogP contribution in [0.2, 0.25) is 0 Å². The molecule has 120 valence electrons. The summed E-state index contributed by atoms with van der Waals surface area (Å²) in [5, 5.41) is 4.24. The Kier molecular flexibility index (Phi) is 7.28. The van der Waals surface area contributed by atoms with E-state index in [9.17, 15) is 0 Å². The first-order valence-electron chi connectivity index (χ1n) is 7.03. The highest BCUT2D eigenvalue weighted by Crippen LogP contribution is 2.17. The van der Waals surface area contributed by atoms with E-state index in [1.165, 1.54) is 16.0 Å². The molecule has 2 aromatic rings. The molecule has 2 rings (SSSR count). The van der Waals surface area contributed by atoms with Gasteiger partial charge in [0, 0.05) is 23.5 Å². The molecule has 0 fully saturated rings. The maximum absolute atomic E-state index is 5.91. The van der Waals surface area contributed by atoms with Crippen molar-refractivity contribution in [3.05, 3.63) is 44.9 Å². The van der Waals surface area contributed by atoms with Gasteiger partial charge in [-0.05, 0) is 51.0 Å². The normalized spacial score (nSPS) is 11.2. The Morgan fingerprint density at radius 3 is 2.55 bits per heavy atom. The molecule has 0 saturated carbocycles. The molecule has 6 heteroatoms. The quantitative estimate of drug-likeness (QED) is 0.439. The number of thiazole rings is 1. The van der Waals surface area contributed by atoms with Gasteiger partial charge in [0.25, 0.3) is 0 Å². The molecule has 22 heavy (non-hydrogen) atoms. The minimum absolute atomic E-state index is 0. The monoisotopic (exact) mass is 430 g/mol. The summed E-state index contributed by atoms with van der Waals surface area (Å²) in [4.78, 5) is 10.1. The van der Waals surface area contributed by atoms with Crippen molar-refractivity contribution >= 4 is 47.0 Å². The highest BCUT2D eigenvalue weighted by Gasteiger charge is 2.03. The lowest BCUT2D eigenvalue weighted by Crippen LogP contribution is -2.23. The Morgan fingerprint density at radius 1 is 1.23 bits per heavy atom. The SMILES string of the molecule is Cc1ccc(NC(N)=NCCc2nc(C)c(C)s2)cc1C.I. The van der Waals surface area contributed by atoms with E-state index in [-0.39, 0.29) is 24.0 Å². The molecule has 1 aromatic heterocycles. The Morgan fingerprint density at radius 2 is 1.95 bits per heavy atom. The van der Waals surface area contributed by atoms with E-state index in [0.29, 0.717) is 12.5 Å². The first-order chi connectivity index (χ1) is 9.95. The summed E-state index contributed by atoms with van der Waals surface area (Å²) in [6, 6.07) is 6.16. The predicted octanol–water partition coefficient (Wildman–Crippen LogP) is 3.96. The van der Waals surface area contributed by atoms with Crippen molar-refractivity contribution in [1.29, 1.82) is 0 Å². The van der Waals surface area contributed by atoms with E-state index in [4.69, 9.17) is 5.73 Å². The molecule has 0 unspecified atom stereocenters. The zero-order chi connectivity index (χ0) is 15.4. The smallest absolute Gasteiger partial charge is 0.193 e. The topological polar surface area (TPSA) is 63.3 Å². The van der Waals surface area contributed by atoms with Gasteiger partial charge in [-0.2, -0.15) is 0 Å². The molecule has 3 N–H and O–H groups in total. The third-order valence-electron chi connectivity index (χ3n) is 3.46. The van der Waals surface area contributed by atoms with Crippen LogP contribution in [0, 0.1) is 27.7 Å². The van der Waals surface area contributed by atoms with E-state index in [1.807, 2.05) is 13.0 Å². The standard InChI is InChI=1S/C16H22N4S.HI/c1-10-5-6-14(9-11(10)2)20-16(17)18-8-7-15-19-12(3)13(4)21-15;/h5-6,9H,7-8H2,1-4H3,(H3,17,18,20);1H. The summed E-state index contributed by atoms with van der Waals surface area (Å²) < 4.78 is 0. The molecule has 0 saturated heterocycles. The van der Waals surface area contributed by atoms with Crippen LogP contribution in [0.1, 0.15) is 26.7 Å². The highest BCUT2D eigenvalue weighted by molar-refractivity contribution is 14.0. The first kappa shape index (κ1) is 18.9. The van der Waals surface area contributed by atoms with Crippen molar-refractivity contribution in [2.45, 2.75) is 34.1 Å². The number of halogens is 1. The molecule has 0 atom stereocenters. The Balaban J connectivity index is 0.00000242. The van der Waals surface area contributed by atoms with Crippen LogP contribution < -0.4 is 11.1 Å². The Bertz CT molecular complexity index is 645. The van der Waals surface area contributed by atoms with E-state index < -0.39 is 0 Å². The third kappa shape index (κ3) is 5.24. The summed E-state index contributed by atoms with van der Waals surface area (Å²) in [7, 11) is 0. The average Bonchev–Trinajstić information content (AvgIpc) is 2.73. The fourth-order valence-electron chi connectivity index (χ4n) is 1.92. The molecule has 1 aromatic carbocycles. The number of rotatable bonds is 4. The second-order valence-corrected chi connectivity index (χ2v) is 6.48. The second kappa shape index (κ2) is 8.47. The van der Waals surface area contributed by atoms with Crippen LogP contribution in [0.3, 0.4) is 0 Å². The van der Waals surface area contributed by atoms with Gasteiger partial charge in [0.15, 0.2) is 5.96 Å². The molecule has 4 nitrogen and oxygen atoms in total. The fraction of sp³-hybridized carbons (Fsp3) is 0.375. The van der Waals surface area contributed by atoms with Crippen LogP contribution in [0.5, 0.6) is 0 Å². The van der Waals surface area contributed by atoms with Gasteiger partial charge >= 0.3 is 0 Å². The summed E-state index contributed by atoms with van der Waals surface area (Å²) in [5.41, 5.74) is 10.5. The summed E-state index contributed by atoms with van der Waals surface area (Å²) in [6.45, 7) is 8.95. The number of hydrogen-bond donors (Lipinski definition) is 2. The van der Waals surface area contributed by atoms with Gasteiger partial charge in [0.05, 0.1) is 10.7 Å². The molecular weight excluding hydrogens is 407 g/mol. The maximum atomic E-state index is 5.91. The fourth-order valence-corrected chi connectivity index (χ4v) is 2.85. The van der Waals surface area contributed by atoms with Gasteiger partial charge in [-0.1, -0.05) is 6.07 Å². The van der Waals surface area contributed by atoms with Gasteiger partial charge in [0.1, 0.15) is 0 Å². The van der Waals surface area contributed by atoms with Gasteiger partial charge in [-0.25, -0.2) is 4.98 Å². The van der Waals surface area contributed by atoms with E-state index in [1.54, 1.807) is 11.3 Å². The van der Waals surface area contributed by atoms with Gasteiger partial charge < -0.3 is 11.1 Å². The lowest BCUT2D eigenvalue weighted by atomic mass is 10.1. The van der Waals surface area contributed by atoms with Gasteiger partial charge in [0.2, 0.25) is 0 Å². The van der Waals surface area contributed by atoms with Crippen LogP contribution in [0.4, 0.5) is 5.69 Å². The molecule has 0 aliphatic carbocycles. The molecule has 0 aliphatic rings. The van der Waals surface area contributed by atoms with E-state index >= 15 is 0 Å². The minimum atomic E-state index is 0. The molecule has 0 bridgehead atoms. The summed E-state index contributed by atoms with van der Waals surface area (Å²) in [5.74, 6) is 0.447. The number of aromatic nitrogens is 1. The van der Waals surface area contributed by atoms with Gasteiger partial charge in [-0.3, -0.25) is 4.99 Å². The number of benzene rings is 1. The van der Waals surface area contributed by atoms with Crippen molar-refractivity contribution in [1.82, 2.24) is 4.98 Å². The number of nitrogens with one attached hydrogen (secondary N) is 1. The second-order valence-electron chi connectivity index (χ2n) is 5.19. The lowest BCUT2D eigenvalue weighted by Gasteiger charge is -2.07. The number of hydrogen-bond acceptors (Lipinski definition) is 3. The first-order valence-corrected chi connectivity index (χ1v) is 7.84. The van der Waals surface area contributed by atoms with Crippen molar-refractivity contribution in [3.8, 4) is 0 Å². The average molecular weight is 430 g/mol. The molecule has 0 radical (unpaired) electrons. The van der Waals surface area contributed by atoms with E-state index in [2.05, 4.69) is 48.2 Å². The maximum Gasteiger partial charge on any atom is 0.193 e. The van der Waals surface area contributed by atoms with Crippen LogP contribution in [-0.2, 0) is 6.42 Å². The van der Waals surface area contributed by atoms with Crippen LogP contribution in [0.15, 0.2) is 23.2 Å². The van der Waals surface area contributed by atoms with Crippen molar-refractivity contribution in [2.75, 3.05) is 11.9 Å². The molecule has 0 spiro atoms. The van der Waals surface area contributed by atoms with Crippen molar-refractivity contribution in [3.63, 3.8) is 0 Å². The van der Waals surface area contributed by atoms with Crippen molar-refractivity contribution in [2.24, 2.45) is 10.7 Å². The summed E-state index contributed by atoms with van der Waals surface area (Å²) >= 11 is 1.73. The number of nitrogens with two attached hydrogens (primary N) is 1. The van der Waals surface area contributed by atoms with Crippen LogP contribution in [0.25, 0.3) is 0 Å². The van der Waals surface area contributed by atoms with E-state index in [0.717, 1.165) is 22.8 Å². The molecular formula is C16H23IN4S. The minimum Gasteiger partial charge on any atom is -0.370 e.